The van der Waals surface area contributed by atoms with Gasteiger partial charge in [-0.3, -0.25) is 4.68 Å². The van der Waals surface area contributed by atoms with Crippen molar-refractivity contribution in [2.75, 3.05) is 32.1 Å². The van der Waals surface area contributed by atoms with E-state index in [1.165, 1.54) is 6.20 Å². The lowest BCUT2D eigenvalue weighted by atomic mass is 9.81. The summed E-state index contributed by atoms with van der Waals surface area (Å²) in [6.07, 6.45) is 5.80. The number of nitriles is 1. The number of hydrogen-bond donors (Lipinski definition) is 1. The van der Waals surface area contributed by atoms with Gasteiger partial charge in [0.2, 0.25) is 11.8 Å². The molecule has 1 N–H and O–H groups in total. The second-order valence-corrected chi connectivity index (χ2v) is 8.68. The van der Waals surface area contributed by atoms with Crippen LogP contribution in [0.5, 0.6) is 5.88 Å². The number of aryl methyl sites for hydroxylation is 1. The number of nitrogens with zero attached hydrogens (tertiary/aromatic N) is 6. The molecule has 2 aliphatic rings. The quantitative estimate of drug-likeness (QED) is 0.743. The van der Waals surface area contributed by atoms with E-state index in [9.17, 15) is 4.39 Å². The number of aromatic nitrogens is 4. The summed E-state index contributed by atoms with van der Waals surface area (Å²) < 4.78 is 22.5. The minimum Gasteiger partial charge on any atom is -0.473 e. The Kier molecular flexibility index (Phi) is 5.80. The lowest BCUT2D eigenvalue weighted by molar-refractivity contribution is 0.0230. The fraction of sp³-hybridized carbons (Fsp3) is 0.600. The highest BCUT2D eigenvalue weighted by atomic mass is 35.5. The van der Waals surface area contributed by atoms with Crippen LogP contribution in [0.15, 0.2) is 12.4 Å². The second-order valence-electron chi connectivity index (χ2n) is 8.27. The Bertz CT molecular complexity index is 945. The predicted molar refractivity (Wildman–Crippen MR) is 111 cm³/mol. The topological polar surface area (TPSA) is 91.9 Å². The Morgan fingerprint density at radius 1 is 1.40 bits per heavy atom. The third-order valence-electron chi connectivity index (χ3n) is 5.90. The van der Waals surface area contributed by atoms with E-state index >= 15 is 0 Å². The largest absolute Gasteiger partial charge is 0.473 e. The van der Waals surface area contributed by atoms with Crippen LogP contribution in [-0.4, -0.2) is 57.1 Å². The standard InChI is InChI=1S/C20H25ClFN7O/c1-13-17(11-29(27-13)15-7-14(8-15)9-23)25-19-24-10-16(21)18(26-19)30-12-20(22)3-5-28(2)6-4-20/h10-11,14-15H,3-8,12H2,1-2H3,(H,24,25,26). The molecule has 0 atom stereocenters. The number of alkyl halides is 1. The van der Waals surface area contributed by atoms with Crippen LogP contribution in [0.3, 0.4) is 0 Å². The van der Waals surface area contributed by atoms with Crippen LogP contribution in [-0.2, 0) is 0 Å². The van der Waals surface area contributed by atoms with Gasteiger partial charge in [0.15, 0.2) is 0 Å². The van der Waals surface area contributed by atoms with E-state index in [-0.39, 0.29) is 29.5 Å². The molecular weight excluding hydrogens is 409 g/mol. The first-order chi connectivity index (χ1) is 14.3. The van der Waals surface area contributed by atoms with E-state index in [0.29, 0.717) is 31.9 Å². The number of hydrogen-bond acceptors (Lipinski definition) is 7. The van der Waals surface area contributed by atoms with Crippen LogP contribution < -0.4 is 10.1 Å². The molecule has 10 heteroatoms. The van der Waals surface area contributed by atoms with Crippen molar-refractivity contribution in [1.29, 1.82) is 5.26 Å². The lowest BCUT2D eigenvalue weighted by Gasteiger charge is -2.34. The minimum absolute atomic E-state index is 0.0876. The van der Waals surface area contributed by atoms with Crippen molar-refractivity contribution in [2.45, 2.75) is 44.3 Å². The molecule has 0 amide bonds. The van der Waals surface area contributed by atoms with Crippen LogP contribution in [0.2, 0.25) is 5.02 Å². The second kappa shape index (κ2) is 8.36. The van der Waals surface area contributed by atoms with Crippen LogP contribution in [0.1, 0.15) is 37.4 Å². The molecule has 2 aromatic rings. The van der Waals surface area contributed by atoms with Gasteiger partial charge in [-0.15, -0.1) is 0 Å². The third kappa shape index (κ3) is 4.50. The highest BCUT2D eigenvalue weighted by molar-refractivity contribution is 6.31. The molecule has 0 aromatic carbocycles. The Morgan fingerprint density at radius 2 is 2.13 bits per heavy atom. The molecule has 2 aromatic heterocycles. The number of halogens is 2. The smallest absolute Gasteiger partial charge is 0.237 e. The van der Waals surface area contributed by atoms with Crippen LogP contribution in [0.4, 0.5) is 16.0 Å². The molecule has 30 heavy (non-hydrogen) atoms. The van der Waals surface area contributed by atoms with Crippen LogP contribution >= 0.6 is 11.6 Å². The molecule has 8 nitrogen and oxygen atoms in total. The molecule has 1 aliphatic heterocycles. The zero-order valence-corrected chi connectivity index (χ0v) is 17.9. The molecule has 1 aliphatic carbocycles. The van der Waals surface area contributed by atoms with Gasteiger partial charge in [-0.2, -0.15) is 15.3 Å². The first kappa shape index (κ1) is 20.8. The lowest BCUT2D eigenvalue weighted by Crippen LogP contribution is -2.43. The summed E-state index contributed by atoms with van der Waals surface area (Å²) in [5.74, 6) is 0.571. The first-order valence-corrected chi connectivity index (χ1v) is 10.5. The van der Waals surface area contributed by atoms with E-state index in [2.05, 4.69) is 31.4 Å². The van der Waals surface area contributed by atoms with Crippen molar-refractivity contribution in [2.24, 2.45) is 5.92 Å². The molecular formula is C20H25ClFN7O. The zero-order chi connectivity index (χ0) is 21.3. The molecule has 0 radical (unpaired) electrons. The monoisotopic (exact) mass is 433 g/mol. The molecule has 1 saturated heterocycles. The molecule has 0 bridgehead atoms. The van der Waals surface area contributed by atoms with E-state index in [0.717, 1.165) is 24.2 Å². The molecule has 4 rings (SSSR count). The number of piperidine rings is 1. The summed E-state index contributed by atoms with van der Waals surface area (Å²) in [7, 11) is 1.98. The van der Waals surface area contributed by atoms with Crippen molar-refractivity contribution < 1.29 is 9.13 Å². The van der Waals surface area contributed by atoms with Crippen molar-refractivity contribution in [3.8, 4) is 11.9 Å². The fourth-order valence-electron chi connectivity index (χ4n) is 3.70. The first-order valence-electron chi connectivity index (χ1n) is 10.1. The normalized spacial score (nSPS) is 23.4. The van der Waals surface area contributed by atoms with Crippen molar-refractivity contribution >= 4 is 23.2 Å². The summed E-state index contributed by atoms with van der Waals surface area (Å²) in [5.41, 5.74) is 0.183. The van der Waals surface area contributed by atoms with E-state index in [1.807, 2.05) is 24.9 Å². The Hall–Kier alpha value is -2.44. The summed E-state index contributed by atoms with van der Waals surface area (Å²) in [4.78, 5) is 10.6. The van der Waals surface area contributed by atoms with Gasteiger partial charge < -0.3 is 15.0 Å². The predicted octanol–water partition coefficient (Wildman–Crippen LogP) is 3.67. The molecule has 3 heterocycles. The number of nitrogens with one attached hydrogen (secondary N) is 1. The van der Waals surface area contributed by atoms with Gasteiger partial charge in [0.05, 0.1) is 35.6 Å². The number of likely N-dealkylation sites (tertiary alicyclic amines) is 1. The van der Waals surface area contributed by atoms with E-state index < -0.39 is 5.67 Å². The van der Waals surface area contributed by atoms with Crippen LogP contribution in [0.25, 0.3) is 0 Å². The average Bonchev–Trinajstić information content (AvgIpc) is 3.04. The van der Waals surface area contributed by atoms with Gasteiger partial charge in [0.25, 0.3) is 0 Å². The molecule has 0 unspecified atom stereocenters. The fourth-order valence-corrected chi connectivity index (χ4v) is 3.84. The summed E-state index contributed by atoms with van der Waals surface area (Å²) >= 11 is 6.16. The van der Waals surface area contributed by atoms with Crippen molar-refractivity contribution in [1.82, 2.24) is 24.6 Å². The van der Waals surface area contributed by atoms with Gasteiger partial charge in [-0.05, 0) is 39.7 Å². The van der Waals surface area contributed by atoms with Crippen molar-refractivity contribution in [3.63, 3.8) is 0 Å². The van der Waals surface area contributed by atoms with Crippen LogP contribution in [0, 0.1) is 24.2 Å². The summed E-state index contributed by atoms with van der Waals surface area (Å²) in [5, 5.41) is 16.8. The number of ether oxygens (including phenoxy) is 1. The van der Waals surface area contributed by atoms with Gasteiger partial charge >= 0.3 is 0 Å². The number of rotatable bonds is 6. The Labute approximate surface area is 180 Å². The number of anilines is 2. The van der Waals surface area contributed by atoms with Gasteiger partial charge in [-0.25, -0.2) is 9.37 Å². The van der Waals surface area contributed by atoms with Gasteiger partial charge in [-0.1, -0.05) is 11.6 Å². The summed E-state index contributed by atoms with van der Waals surface area (Å²) in [6.45, 7) is 3.20. The van der Waals surface area contributed by atoms with E-state index in [4.69, 9.17) is 21.6 Å². The highest BCUT2D eigenvalue weighted by Gasteiger charge is 2.35. The molecule has 2 fully saturated rings. The SMILES string of the molecule is Cc1nn(C2CC(C#N)C2)cc1Nc1ncc(Cl)c(OCC2(F)CCN(C)CC2)n1. The average molecular weight is 434 g/mol. The summed E-state index contributed by atoms with van der Waals surface area (Å²) in [6, 6.07) is 2.52. The maximum absolute atomic E-state index is 14.9. The zero-order valence-electron chi connectivity index (χ0n) is 17.1. The Morgan fingerprint density at radius 3 is 2.83 bits per heavy atom. The van der Waals surface area contributed by atoms with E-state index in [1.54, 1.807) is 0 Å². The third-order valence-corrected chi connectivity index (χ3v) is 6.15. The van der Waals surface area contributed by atoms with Gasteiger partial charge in [0.1, 0.15) is 17.3 Å². The maximum atomic E-state index is 14.9. The minimum atomic E-state index is -1.38. The molecule has 160 valence electrons. The maximum Gasteiger partial charge on any atom is 0.237 e. The van der Waals surface area contributed by atoms with Crippen molar-refractivity contribution in [3.05, 3.63) is 23.1 Å². The molecule has 0 spiro atoms. The Balaban J connectivity index is 1.41. The van der Waals surface area contributed by atoms with Gasteiger partial charge in [0, 0.05) is 19.3 Å². The molecule has 1 saturated carbocycles. The highest BCUT2D eigenvalue weighted by Crippen LogP contribution is 2.38.